The molecule has 2 aromatic rings. The highest BCUT2D eigenvalue weighted by Crippen LogP contribution is 2.29. The molecule has 0 unspecified atom stereocenters. The van der Waals surface area contributed by atoms with Crippen LogP contribution in [0, 0.1) is 0 Å². The van der Waals surface area contributed by atoms with Crippen molar-refractivity contribution >= 4 is 21.6 Å². The molecule has 2 aromatic carbocycles. The monoisotopic (exact) mass is 321 g/mol. The summed E-state index contributed by atoms with van der Waals surface area (Å²) in [6, 6.07) is 13.5. The maximum Gasteiger partial charge on any atom is 0.133 e. The Morgan fingerprint density at radius 2 is 1.95 bits per heavy atom. The van der Waals surface area contributed by atoms with E-state index in [1.54, 1.807) is 7.11 Å². The second-order valence-electron chi connectivity index (χ2n) is 4.09. The second-order valence-corrected chi connectivity index (χ2v) is 4.95. The molecular weight excluding hydrogens is 306 g/mol. The number of ether oxygens (including phenoxy) is 2. The Morgan fingerprint density at radius 1 is 1.16 bits per heavy atom. The maximum absolute atomic E-state index is 5.89. The summed E-state index contributed by atoms with van der Waals surface area (Å²) < 4.78 is 11.8. The van der Waals surface area contributed by atoms with E-state index in [2.05, 4.69) is 15.9 Å². The molecule has 0 bridgehead atoms. The molecule has 4 heteroatoms. The Morgan fingerprint density at radius 3 is 2.63 bits per heavy atom. The van der Waals surface area contributed by atoms with Crippen LogP contribution in [-0.2, 0) is 6.42 Å². The third kappa shape index (κ3) is 3.64. The van der Waals surface area contributed by atoms with Gasteiger partial charge in [0.1, 0.15) is 11.5 Å². The first kappa shape index (κ1) is 13.7. The SMILES string of the molecule is COc1ccc(OCCc2ccccc2N)c(Br)c1. The lowest BCUT2D eigenvalue weighted by molar-refractivity contribution is 0.319. The zero-order chi connectivity index (χ0) is 13.7. The van der Waals surface area contributed by atoms with Crippen LogP contribution in [0.4, 0.5) is 5.69 Å². The van der Waals surface area contributed by atoms with E-state index in [0.717, 1.165) is 33.6 Å². The largest absolute Gasteiger partial charge is 0.497 e. The van der Waals surface area contributed by atoms with Gasteiger partial charge in [-0.3, -0.25) is 0 Å². The van der Waals surface area contributed by atoms with Crippen molar-refractivity contribution in [3.8, 4) is 11.5 Å². The van der Waals surface area contributed by atoms with Gasteiger partial charge >= 0.3 is 0 Å². The third-order valence-corrected chi connectivity index (χ3v) is 3.44. The molecule has 3 nitrogen and oxygen atoms in total. The molecule has 0 aromatic heterocycles. The molecule has 2 N–H and O–H groups in total. The van der Waals surface area contributed by atoms with Crippen LogP contribution in [0.25, 0.3) is 0 Å². The summed E-state index contributed by atoms with van der Waals surface area (Å²) in [5, 5.41) is 0. The highest BCUT2D eigenvalue weighted by atomic mass is 79.9. The number of benzene rings is 2. The van der Waals surface area contributed by atoms with Crippen LogP contribution in [0.3, 0.4) is 0 Å². The minimum absolute atomic E-state index is 0.582. The van der Waals surface area contributed by atoms with E-state index in [1.165, 1.54) is 0 Å². The lowest BCUT2D eigenvalue weighted by Crippen LogP contribution is -2.04. The molecule has 0 aliphatic rings. The zero-order valence-electron chi connectivity index (χ0n) is 10.7. The van der Waals surface area contributed by atoms with Gasteiger partial charge in [-0.1, -0.05) is 18.2 Å². The number of anilines is 1. The second kappa shape index (κ2) is 6.48. The Hall–Kier alpha value is -1.68. The summed E-state index contributed by atoms with van der Waals surface area (Å²) in [7, 11) is 1.64. The van der Waals surface area contributed by atoms with Crippen LogP contribution in [0.5, 0.6) is 11.5 Å². The van der Waals surface area contributed by atoms with Gasteiger partial charge in [0.05, 0.1) is 18.2 Å². The Bertz CT molecular complexity index is 558. The molecule has 0 radical (unpaired) electrons. The molecule has 0 atom stereocenters. The quantitative estimate of drug-likeness (QED) is 0.855. The van der Waals surface area contributed by atoms with Gasteiger partial charge in [0.25, 0.3) is 0 Å². The highest BCUT2D eigenvalue weighted by molar-refractivity contribution is 9.10. The average molecular weight is 322 g/mol. The van der Waals surface area contributed by atoms with Crippen LogP contribution in [-0.4, -0.2) is 13.7 Å². The van der Waals surface area contributed by atoms with Crippen molar-refractivity contribution in [2.75, 3.05) is 19.5 Å². The number of methoxy groups -OCH3 is 1. The van der Waals surface area contributed by atoms with Crippen LogP contribution in [0.2, 0.25) is 0 Å². The van der Waals surface area contributed by atoms with E-state index in [4.69, 9.17) is 15.2 Å². The first-order valence-electron chi connectivity index (χ1n) is 6.00. The fraction of sp³-hybridized carbons (Fsp3) is 0.200. The van der Waals surface area contributed by atoms with Gasteiger partial charge < -0.3 is 15.2 Å². The van der Waals surface area contributed by atoms with Crippen LogP contribution < -0.4 is 15.2 Å². The normalized spacial score (nSPS) is 10.2. The molecule has 100 valence electrons. The summed E-state index contributed by atoms with van der Waals surface area (Å²) in [5.74, 6) is 1.60. The van der Waals surface area contributed by atoms with Gasteiger partial charge in [-0.15, -0.1) is 0 Å². The molecule has 0 spiro atoms. The number of hydrogen-bond donors (Lipinski definition) is 1. The van der Waals surface area contributed by atoms with Gasteiger partial charge in [-0.2, -0.15) is 0 Å². The Kier molecular flexibility index (Phi) is 4.68. The summed E-state index contributed by atoms with van der Waals surface area (Å²) >= 11 is 3.46. The van der Waals surface area contributed by atoms with Gasteiger partial charge in [0.15, 0.2) is 0 Å². The zero-order valence-corrected chi connectivity index (χ0v) is 12.3. The minimum Gasteiger partial charge on any atom is -0.497 e. The van der Waals surface area contributed by atoms with Crippen molar-refractivity contribution in [2.24, 2.45) is 0 Å². The topological polar surface area (TPSA) is 44.5 Å². The fourth-order valence-corrected chi connectivity index (χ4v) is 2.23. The van der Waals surface area contributed by atoms with E-state index >= 15 is 0 Å². The third-order valence-electron chi connectivity index (χ3n) is 2.82. The molecule has 0 aliphatic carbocycles. The number of rotatable bonds is 5. The first-order valence-corrected chi connectivity index (χ1v) is 6.79. The number of nitrogen functional groups attached to an aromatic ring is 1. The Labute approximate surface area is 121 Å². The van der Waals surface area contributed by atoms with Crippen molar-refractivity contribution < 1.29 is 9.47 Å². The van der Waals surface area contributed by atoms with Crippen LogP contribution in [0.1, 0.15) is 5.56 Å². The molecule has 0 fully saturated rings. The van der Waals surface area contributed by atoms with Crippen molar-refractivity contribution in [3.05, 3.63) is 52.5 Å². The molecule has 0 amide bonds. The lowest BCUT2D eigenvalue weighted by atomic mass is 10.1. The number of para-hydroxylation sites is 1. The van der Waals surface area contributed by atoms with E-state index in [-0.39, 0.29) is 0 Å². The molecular formula is C15H16BrNO2. The average Bonchev–Trinajstić information content (AvgIpc) is 2.42. The van der Waals surface area contributed by atoms with Gasteiger partial charge in [-0.05, 0) is 45.8 Å². The number of nitrogens with two attached hydrogens (primary N) is 1. The smallest absolute Gasteiger partial charge is 0.133 e. The molecule has 0 aliphatic heterocycles. The molecule has 19 heavy (non-hydrogen) atoms. The minimum atomic E-state index is 0.582. The van der Waals surface area contributed by atoms with E-state index in [1.807, 2.05) is 42.5 Å². The molecule has 0 heterocycles. The molecule has 0 saturated carbocycles. The summed E-state index contributed by atoms with van der Waals surface area (Å²) in [4.78, 5) is 0. The molecule has 2 rings (SSSR count). The van der Waals surface area contributed by atoms with Crippen molar-refractivity contribution in [1.29, 1.82) is 0 Å². The van der Waals surface area contributed by atoms with Gasteiger partial charge in [0, 0.05) is 12.1 Å². The van der Waals surface area contributed by atoms with Crippen molar-refractivity contribution in [2.45, 2.75) is 6.42 Å². The predicted molar refractivity (Wildman–Crippen MR) is 80.7 cm³/mol. The summed E-state index contributed by atoms with van der Waals surface area (Å²) in [6.07, 6.45) is 0.783. The van der Waals surface area contributed by atoms with Gasteiger partial charge in [-0.25, -0.2) is 0 Å². The van der Waals surface area contributed by atoms with E-state index in [0.29, 0.717) is 6.61 Å². The van der Waals surface area contributed by atoms with Crippen molar-refractivity contribution in [3.63, 3.8) is 0 Å². The number of hydrogen-bond acceptors (Lipinski definition) is 3. The maximum atomic E-state index is 5.89. The molecule has 0 saturated heterocycles. The predicted octanol–water partition coefficient (Wildman–Crippen LogP) is 3.66. The Balaban J connectivity index is 1.94. The summed E-state index contributed by atoms with van der Waals surface area (Å²) in [5.41, 5.74) is 7.80. The van der Waals surface area contributed by atoms with Crippen LogP contribution >= 0.6 is 15.9 Å². The number of halogens is 1. The standard InChI is InChI=1S/C15H16BrNO2/c1-18-12-6-7-15(13(16)10-12)19-9-8-11-4-2-3-5-14(11)17/h2-7,10H,8-9,17H2,1H3. The van der Waals surface area contributed by atoms with Gasteiger partial charge in [0.2, 0.25) is 0 Å². The summed E-state index contributed by atoms with van der Waals surface area (Å²) in [6.45, 7) is 0.582. The van der Waals surface area contributed by atoms with Crippen molar-refractivity contribution in [1.82, 2.24) is 0 Å². The van der Waals surface area contributed by atoms with E-state index < -0.39 is 0 Å². The lowest BCUT2D eigenvalue weighted by Gasteiger charge is -2.10. The first-order chi connectivity index (χ1) is 9.20. The highest BCUT2D eigenvalue weighted by Gasteiger charge is 2.04. The van der Waals surface area contributed by atoms with E-state index in [9.17, 15) is 0 Å². The van der Waals surface area contributed by atoms with Crippen LogP contribution in [0.15, 0.2) is 46.9 Å². The fourth-order valence-electron chi connectivity index (χ4n) is 1.76.